The van der Waals surface area contributed by atoms with Crippen LogP contribution in [0.1, 0.15) is 53.6 Å². The zero-order valence-corrected chi connectivity index (χ0v) is 22.1. The minimum absolute atomic E-state index is 0.0256. The van der Waals surface area contributed by atoms with Gasteiger partial charge < -0.3 is 25.3 Å². The molecule has 2 aliphatic heterocycles. The number of phenols is 1. The fourth-order valence-corrected chi connectivity index (χ4v) is 8.63. The van der Waals surface area contributed by atoms with Gasteiger partial charge in [-0.3, -0.25) is 9.69 Å². The maximum atomic E-state index is 13.6. The molecule has 2 aromatic carbocycles. The lowest BCUT2D eigenvalue weighted by Gasteiger charge is -2.64. The number of aliphatic hydroxyl groups is 1. The lowest BCUT2D eigenvalue weighted by molar-refractivity contribution is -0.191. The van der Waals surface area contributed by atoms with Crippen molar-refractivity contribution in [1.29, 1.82) is 0 Å². The van der Waals surface area contributed by atoms with Crippen molar-refractivity contribution >= 4 is 32.7 Å². The molecule has 3 fully saturated rings. The zero-order chi connectivity index (χ0) is 25.1. The minimum Gasteiger partial charge on any atom is -0.504 e. The van der Waals surface area contributed by atoms with Gasteiger partial charge >= 0.3 is 0 Å². The lowest BCUT2D eigenvalue weighted by Crippen LogP contribution is -2.78. The summed E-state index contributed by atoms with van der Waals surface area (Å²) in [6.07, 6.45) is 4.87. The first-order valence-electron chi connectivity index (χ1n) is 13.5. The third kappa shape index (κ3) is 2.92. The van der Waals surface area contributed by atoms with Gasteiger partial charge in [0.05, 0.1) is 32.7 Å². The van der Waals surface area contributed by atoms with Crippen molar-refractivity contribution in [3.63, 3.8) is 0 Å². The minimum atomic E-state index is -0.956. The Bertz CT molecular complexity index is 1470. The van der Waals surface area contributed by atoms with E-state index >= 15 is 0 Å². The number of rotatable bonds is 4. The van der Waals surface area contributed by atoms with Crippen LogP contribution in [-0.2, 0) is 11.8 Å². The molecule has 1 saturated heterocycles. The van der Waals surface area contributed by atoms with E-state index in [-0.39, 0.29) is 23.7 Å². The van der Waals surface area contributed by atoms with E-state index in [0.29, 0.717) is 24.2 Å². The van der Waals surface area contributed by atoms with Gasteiger partial charge in [-0.05, 0) is 90.7 Å². The van der Waals surface area contributed by atoms with E-state index in [9.17, 15) is 15.0 Å². The third-order valence-corrected chi connectivity index (χ3v) is 10.4. The number of hydrogen-bond acceptors (Lipinski definition) is 5. The van der Waals surface area contributed by atoms with Gasteiger partial charge in [0.25, 0.3) is 5.91 Å². The van der Waals surface area contributed by atoms with Crippen LogP contribution in [0.5, 0.6) is 11.5 Å². The highest BCUT2D eigenvalue weighted by molar-refractivity contribution is 9.10. The highest BCUT2D eigenvalue weighted by Crippen LogP contribution is 2.65. The third-order valence-electron chi connectivity index (χ3n) is 9.95. The van der Waals surface area contributed by atoms with Crippen LogP contribution < -0.4 is 10.1 Å². The Labute approximate surface area is 223 Å². The van der Waals surface area contributed by atoms with Crippen LogP contribution in [-0.4, -0.2) is 62.9 Å². The van der Waals surface area contributed by atoms with E-state index in [1.165, 1.54) is 18.4 Å². The van der Waals surface area contributed by atoms with Gasteiger partial charge in [-0.15, -0.1) is 0 Å². The second-order valence-corrected chi connectivity index (χ2v) is 12.7. The molecule has 7 nitrogen and oxygen atoms in total. The Kier molecular flexibility index (Phi) is 4.56. The van der Waals surface area contributed by atoms with Crippen molar-refractivity contribution in [1.82, 2.24) is 15.2 Å². The predicted octanol–water partition coefficient (Wildman–Crippen LogP) is 4.00. The van der Waals surface area contributed by atoms with Crippen LogP contribution in [0.2, 0.25) is 0 Å². The number of hydrogen-bond donors (Lipinski definition) is 4. The van der Waals surface area contributed by atoms with E-state index in [1.807, 2.05) is 30.3 Å². The van der Waals surface area contributed by atoms with Crippen molar-refractivity contribution in [2.24, 2.45) is 5.92 Å². The summed E-state index contributed by atoms with van der Waals surface area (Å²) in [5.74, 6) is 1.21. The summed E-state index contributed by atoms with van der Waals surface area (Å²) in [5, 5.41) is 27.7. The topological polar surface area (TPSA) is 97.8 Å². The Balaban J connectivity index is 1.20. The zero-order valence-electron chi connectivity index (χ0n) is 20.5. The summed E-state index contributed by atoms with van der Waals surface area (Å²) in [7, 11) is 0. The molecule has 1 aromatic heterocycles. The molecule has 3 aliphatic carbocycles. The summed E-state index contributed by atoms with van der Waals surface area (Å²) < 4.78 is 7.41. The fraction of sp³-hybridized carbons (Fsp3) is 0.483. The average Bonchev–Trinajstić information content (AvgIpc) is 3.49. The van der Waals surface area contributed by atoms with Crippen LogP contribution in [0.25, 0.3) is 10.9 Å². The standard InChI is InChI=1S/C29H30BrN3O4/c30-22-13-17-2-1-3-18(24(17)32-22)27(35)31-19-8-9-29(36)21-12-16-6-7-20(34)25-23(16)28(29,26(19)37-25)10-11-33(21)14-15-4-5-15/h1-3,6-7,13,15,19,21,26,32,34,36H,4-5,8-12,14H2,(H,31,35)/t19-,21-,26+,28+,29-/m1/s1. The number of carbonyl (C=O) groups is 1. The van der Waals surface area contributed by atoms with E-state index < -0.39 is 17.1 Å². The van der Waals surface area contributed by atoms with Crippen LogP contribution in [0.3, 0.4) is 0 Å². The first-order chi connectivity index (χ1) is 17.9. The van der Waals surface area contributed by atoms with Crippen molar-refractivity contribution < 1.29 is 19.7 Å². The number of aromatic nitrogens is 1. The lowest BCUT2D eigenvalue weighted by atomic mass is 9.48. The van der Waals surface area contributed by atoms with Gasteiger partial charge in [-0.1, -0.05) is 18.2 Å². The van der Waals surface area contributed by atoms with Crippen molar-refractivity contribution in [3.8, 4) is 11.5 Å². The second-order valence-electron chi connectivity index (χ2n) is 11.8. The molecule has 2 saturated carbocycles. The van der Waals surface area contributed by atoms with Crippen LogP contribution >= 0.6 is 15.9 Å². The van der Waals surface area contributed by atoms with Crippen LogP contribution in [0.15, 0.2) is 41.0 Å². The summed E-state index contributed by atoms with van der Waals surface area (Å²) in [5.41, 5.74) is 1.93. The molecule has 3 heterocycles. The number of benzene rings is 2. The Morgan fingerprint density at radius 1 is 1.22 bits per heavy atom. The van der Waals surface area contributed by atoms with Gasteiger partial charge in [0.2, 0.25) is 0 Å². The average molecular weight is 564 g/mol. The Morgan fingerprint density at radius 2 is 2.08 bits per heavy atom. The monoisotopic (exact) mass is 563 g/mol. The Hall–Kier alpha value is -2.55. The maximum Gasteiger partial charge on any atom is 0.253 e. The number of piperidine rings is 1. The van der Waals surface area contributed by atoms with Gasteiger partial charge in [0, 0.05) is 23.5 Å². The van der Waals surface area contributed by atoms with Crippen molar-refractivity contribution in [2.45, 2.75) is 67.7 Å². The number of fused-ring (bicyclic) bond motifs is 1. The quantitative estimate of drug-likeness (QED) is 0.384. The molecule has 192 valence electrons. The molecule has 1 amide bonds. The number of likely N-dealkylation sites (tertiary alicyclic amines) is 1. The number of aromatic hydroxyl groups is 1. The predicted molar refractivity (Wildman–Crippen MR) is 142 cm³/mol. The molecule has 8 heteroatoms. The van der Waals surface area contributed by atoms with E-state index in [2.05, 4.69) is 31.1 Å². The molecule has 1 spiro atoms. The van der Waals surface area contributed by atoms with Gasteiger partial charge in [0.1, 0.15) is 6.10 Å². The number of para-hydroxylation sites is 1. The van der Waals surface area contributed by atoms with Gasteiger partial charge in [-0.25, -0.2) is 0 Å². The molecule has 0 unspecified atom stereocenters. The first kappa shape index (κ1) is 22.4. The molecule has 37 heavy (non-hydrogen) atoms. The van der Waals surface area contributed by atoms with Gasteiger partial charge in [-0.2, -0.15) is 0 Å². The summed E-state index contributed by atoms with van der Waals surface area (Å²) in [6, 6.07) is 11.2. The maximum absolute atomic E-state index is 13.6. The highest BCUT2D eigenvalue weighted by atomic mass is 79.9. The SMILES string of the molecule is O=C(N[C@@H]1CC[C@@]2(O)[C@H]3Cc4ccc(O)c5c4[C@@]2(CCN3CC2CC2)[C@H]1O5)c1cccc2cc(Br)[nH]c12. The molecule has 8 rings (SSSR count). The smallest absolute Gasteiger partial charge is 0.253 e. The number of carbonyl (C=O) groups excluding carboxylic acids is 1. The number of H-pyrrole nitrogens is 1. The number of nitrogens with one attached hydrogen (secondary N) is 2. The fourth-order valence-electron chi connectivity index (χ4n) is 8.19. The molecular weight excluding hydrogens is 534 g/mol. The number of phenolic OH excluding ortho intramolecular Hbond substituents is 1. The van der Waals surface area contributed by atoms with Crippen LogP contribution in [0.4, 0.5) is 0 Å². The Morgan fingerprint density at radius 3 is 2.92 bits per heavy atom. The molecule has 5 aliphatic rings. The summed E-state index contributed by atoms with van der Waals surface area (Å²) in [6.45, 7) is 1.94. The molecule has 4 N–H and O–H groups in total. The molecular formula is C29H30BrN3O4. The number of halogens is 1. The molecule has 0 radical (unpaired) electrons. The second kappa shape index (κ2) is 7.52. The number of nitrogens with zero attached hydrogens (tertiary/aromatic N) is 1. The molecule has 5 atom stereocenters. The summed E-state index contributed by atoms with van der Waals surface area (Å²) in [4.78, 5) is 19.4. The number of ether oxygens (including phenoxy) is 1. The number of aromatic amines is 1. The largest absolute Gasteiger partial charge is 0.504 e. The van der Waals surface area contributed by atoms with Crippen LogP contribution in [0, 0.1) is 5.92 Å². The summed E-state index contributed by atoms with van der Waals surface area (Å²) >= 11 is 3.48. The van der Waals surface area contributed by atoms with E-state index in [0.717, 1.165) is 52.9 Å². The van der Waals surface area contributed by atoms with E-state index in [4.69, 9.17) is 4.74 Å². The molecule has 3 aromatic rings. The van der Waals surface area contributed by atoms with Gasteiger partial charge in [0.15, 0.2) is 11.5 Å². The van der Waals surface area contributed by atoms with Crippen molar-refractivity contribution in [2.75, 3.05) is 13.1 Å². The van der Waals surface area contributed by atoms with E-state index in [1.54, 1.807) is 6.07 Å². The van der Waals surface area contributed by atoms with Crippen molar-refractivity contribution in [3.05, 3.63) is 57.7 Å². The molecule has 2 bridgehead atoms. The number of amides is 1. The first-order valence-corrected chi connectivity index (χ1v) is 14.2. The highest BCUT2D eigenvalue weighted by Gasteiger charge is 2.73. The normalized spacial score (nSPS) is 33.7.